The molecule has 2 fully saturated rings. The van der Waals surface area contributed by atoms with Crippen molar-refractivity contribution in [3.05, 3.63) is 22.5 Å². The van der Waals surface area contributed by atoms with E-state index in [1.54, 1.807) is 11.1 Å². The predicted molar refractivity (Wildman–Crippen MR) is 254 cm³/mol. The van der Waals surface area contributed by atoms with Crippen LogP contribution in [0.2, 0.25) is 0 Å². The molecule has 0 heterocycles. The van der Waals surface area contributed by atoms with Crippen LogP contribution in [0.5, 0.6) is 0 Å². The third-order valence-corrected chi connectivity index (χ3v) is 12.5. The number of carbonyl (C=O) groups excluding carboxylic acids is 3. The lowest BCUT2D eigenvalue weighted by molar-refractivity contribution is -0.128. The Bertz CT molecular complexity index is 1140. The molecule has 3 amide bonds. The van der Waals surface area contributed by atoms with E-state index in [1.807, 2.05) is 0 Å². The van der Waals surface area contributed by atoms with Crippen LogP contribution in [-0.4, -0.2) is 75.9 Å². The summed E-state index contributed by atoms with van der Waals surface area (Å²) in [6.07, 6.45) is 33.5. The van der Waals surface area contributed by atoms with Gasteiger partial charge in [0.1, 0.15) is 0 Å². The zero-order valence-corrected chi connectivity index (χ0v) is 40.1. The van der Waals surface area contributed by atoms with Crippen molar-refractivity contribution in [1.82, 2.24) is 26.6 Å². The van der Waals surface area contributed by atoms with Gasteiger partial charge in [0.2, 0.25) is 17.7 Å². The standard InChI is InChI=1S/C51H95N5O5/c1-5-9-13-14-15-16-17-18-21-32-50(59)56-51(35-12-8-4,42-60-40-33-48(57)54-38-24-36-52-46(30-19-10-6-2)44-26-22-27-44)43-61-41-34-49(58)55-39-25-37-53-47(31-20-11-7-3)45-28-23-29-45/h52-53H,5-43H2,1-4H3,(H,54,57)(H,55,58)(H,56,59). The van der Waals surface area contributed by atoms with Gasteiger partial charge in [-0.1, -0.05) is 129 Å². The molecule has 0 spiro atoms. The molecule has 0 atom stereocenters. The average molecular weight is 858 g/mol. The molecule has 10 nitrogen and oxygen atoms in total. The Morgan fingerprint density at radius 2 is 0.836 bits per heavy atom. The van der Waals surface area contributed by atoms with E-state index < -0.39 is 5.54 Å². The van der Waals surface area contributed by atoms with Crippen LogP contribution in [0, 0.1) is 0 Å². The Labute approximate surface area is 374 Å². The van der Waals surface area contributed by atoms with Gasteiger partial charge in [0.25, 0.3) is 0 Å². The molecule has 0 aromatic rings. The zero-order chi connectivity index (χ0) is 44.1. The maximum atomic E-state index is 13.4. The van der Waals surface area contributed by atoms with Crippen molar-refractivity contribution in [2.45, 2.75) is 232 Å². The molecule has 61 heavy (non-hydrogen) atoms. The molecular formula is C51H95N5O5. The molecule has 10 heteroatoms. The van der Waals surface area contributed by atoms with Gasteiger partial charge in [-0.3, -0.25) is 14.4 Å². The van der Waals surface area contributed by atoms with E-state index in [1.165, 1.54) is 133 Å². The molecular weight excluding hydrogens is 763 g/mol. The highest BCUT2D eigenvalue weighted by Gasteiger charge is 2.32. The molecule has 2 saturated carbocycles. The summed E-state index contributed by atoms with van der Waals surface area (Å²) in [5, 5.41) is 16.8. The summed E-state index contributed by atoms with van der Waals surface area (Å²) in [6.45, 7) is 13.0. The van der Waals surface area contributed by atoms with Crippen LogP contribution in [-0.2, 0) is 23.9 Å². The minimum atomic E-state index is -0.718. The van der Waals surface area contributed by atoms with Crippen molar-refractivity contribution in [3.8, 4) is 0 Å². The van der Waals surface area contributed by atoms with Gasteiger partial charge in [0, 0.05) is 56.8 Å². The van der Waals surface area contributed by atoms with Crippen LogP contribution in [0.15, 0.2) is 22.5 Å². The fourth-order valence-corrected chi connectivity index (χ4v) is 8.14. The zero-order valence-electron chi connectivity index (χ0n) is 40.1. The Kier molecular flexibility index (Phi) is 32.9. The summed E-state index contributed by atoms with van der Waals surface area (Å²) in [7, 11) is 0. The first kappa shape index (κ1) is 54.5. The number of amides is 3. The molecule has 354 valence electrons. The van der Waals surface area contributed by atoms with Crippen LogP contribution >= 0.6 is 0 Å². The van der Waals surface area contributed by atoms with E-state index in [0.717, 1.165) is 64.5 Å². The van der Waals surface area contributed by atoms with Crippen LogP contribution in [0.3, 0.4) is 0 Å². The third-order valence-electron chi connectivity index (χ3n) is 12.5. The van der Waals surface area contributed by atoms with Crippen molar-refractivity contribution < 1.29 is 23.9 Å². The highest BCUT2D eigenvalue weighted by molar-refractivity contribution is 5.77. The number of nitrogens with one attached hydrogen (secondary N) is 5. The molecule has 2 aliphatic rings. The minimum absolute atomic E-state index is 0.0186. The normalized spacial score (nSPS) is 13.6. The van der Waals surface area contributed by atoms with Gasteiger partial charge in [0.15, 0.2) is 0 Å². The Hall–Kier alpha value is -2.59. The summed E-state index contributed by atoms with van der Waals surface area (Å²) in [6, 6.07) is 0. The number of hydrogen-bond donors (Lipinski definition) is 5. The smallest absolute Gasteiger partial charge is 0.222 e. The van der Waals surface area contributed by atoms with Gasteiger partial charge in [-0.05, 0) is 89.9 Å². The highest BCUT2D eigenvalue weighted by atomic mass is 16.5. The van der Waals surface area contributed by atoms with Gasteiger partial charge >= 0.3 is 0 Å². The van der Waals surface area contributed by atoms with E-state index in [0.29, 0.717) is 25.9 Å². The minimum Gasteiger partial charge on any atom is -0.388 e. The second-order valence-corrected chi connectivity index (χ2v) is 18.2. The fraction of sp³-hybridized carbons (Fsp3) is 0.863. The van der Waals surface area contributed by atoms with Gasteiger partial charge in [0.05, 0.1) is 32.0 Å². The second-order valence-electron chi connectivity index (χ2n) is 18.2. The van der Waals surface area contributed by atoms with Crippen molar-refractivity contribution in [2.75, 3.05) is 52.6 Å². The highest BCUT2D eigenvalue weighted by Crippen LogP contribution is 2.30. The number of carbonyl (C=O) groups is 3. The Morgan fingerprint density at radius 1 is 0.443 bits per heavy atom. The molecule has 0 saturated heterocycles. The van der Waals surface area contributed by atoms with Crippen molar-refractivity contribution in [3.63, 3.8) is 0 Å². The van der Waals surface area contributed by atoms with Crippen molar-refractivity contribution in [1.29, 1.82) is 0 Å². The molecule has 0 unspecified atom stereocenters. The third kappa shape index (κ3) is 27.3. The maximum Gasteiger partial charge on any atom is 0.222 e. The quantitative estimate of drug-likeness (QED) is 0.0387. The second kappa shape index (κ2) is 36.8. The molecule has 2 aliphatic carbocycles. The lowest BCUT2D eigenvalue weighted by Crippen LogP contribution is -2.55. The molecule has 0 bridgehead atoms. The topological polar surface area (TPSA) is 130 Å². The SMILES string of the molecule is CCCCCCCCCCCC(=O)NC(CCCC)(COCCC(=O)NCCCNC(CCCCC)=C1CCC1)COCCC(=O)NCCCNC(CCCCC)=C1CCC1. The number of allylic oxidation sites excluding steroid dienone is 4. The molecule has 5 N–H and O–H groups in total. The van der Waals surface area contributed by atoms with Gasteiger partial charge in [-0.15, -0.1) is 0 Å². The van der Waals surface area contributed by atoms with Gasteiger partial charge < -0.3 is 36.1 Å². The summed E-state index contributed by atoms with van der Waals surface area (Å²) >= 11 is 0. The average Bonchev–Trinajstić information content (AvgIpc) is 3.21. The monoisotopic (exact) mass is 858 g/mol. The Balaban J connectivity index is 1.81. The first-order valence-corrected chi connectivity index (χ1v) is 25.8. The number of ether oxygens (including phenoxy) is 2. The summed E-state index contributed by atoms with van der Waals surface area (Å²) in [4.78, 5) is 38.9. The van der Waals surface area contributed by atoms with Gasteiger partial charge in [-0.25, -0.2) is 0 Å². The Morgan fingerprint density at radius 3 is 1.26 bits per heavy atom. The summed E-state index contributed by atoms with van der Waals surface area (Å²) < 4.78 is 12.4. The van der Waals surface area contributed by atoms with Crippen LogP contribution in [0.1, 0.15) is 227 Å². The number of rotatable bonds is 42. The number of unbranched alkanes of at least 4 members (excludes halogenated alkanes) is 13. The summed E-state index contributed by atoms with van der Waals surface area (Å²) in [5.74, 6) is -0.0169. The van der Waals surface area contributed by atoms with E-state index >= 15 is 0 Å². The van der Waals surface area contributed by atoms with Crippen LogP contribution < -0.4 is 26.6 Å². The predicted octanol–water partition coefficient (Wildman–Crippen LogP) is 11.0. The molecule has 0 aromatic heterocycles. The molecule has 2 rings (SSSR count). The molecule has 0 radical (unpaired) electrons. The van der Waals surface area contributed by atoms with E-state index in [4.69, 9.17) is 9.47 Å². The van der Waals surface area contributed by atoms with Crippen LogP contribution in [0.25, 0.3) is 0 Å². The fourth-order valence-electron chi connectivity index (χ4n) is 8.14. The molecule has 0 aliphatic heterocycles. The van der Waals surface area contributed by atoms with E-state index in [2.05, 4.69) is 54.3 Å². The first-order chi connectivity index (χ1) is 29.9. The van der Waals surface area contributed by atoms with Crippen LogP contribution in [0.4, 0.5) is 0 Å². The summed E-state index contributed by atoms with van der Waals surface area (Å²) in [5.41, 5.74) is 5.37. The van der Waals surface area contributed by atoms with Crippen molar-refractivity contribution in [2.24, 2.45) is 0 Å². The first-order valence-electron chi connectivity index (χ1n) is 25.8. The van der Waals surface area contributed by atoms with E-state index in [-0.39, 0.29) is 57.0 Å². The largest absolute Gasteiger partial charge is 0.388 e. The lowest BCUT2D eigenvalue weighted by Gasteiger charge is -2.35. The van der Waals surface area contributed by atoms with Gasteiger partial charge in [-0.2, -0.15) is 0 Å². The van der Waals surface area contributed by atoms with Crippen molar-refractivity contribution >= 4 is 17.7 Å². The lowest BCUT2D eigenvalue weighted by atomic mass is 9.89. The maximum absolute atomic E-state index is 13.4. The number of hydrogen-bond acceptors (Lipinski definition) is 7. The molecule has 0 aromatic carbocycles. The van der Waals surface area contributed by atoms with E-state index in [9.17, 15) is 14.4 Å².